The Morgan fingerprint density at radius 2 is 2.00 bits per heavy atom. The van der Waals surface area contributed by atoms with Crippen LogP contribution in [0.2, 0.25) is 0 Å². The highest BCUT2D eigenvalue weighted by Crippen LogP contribution is 2.12. The van der Waals surface area contributed by atoms with Gasteiger partial charge in [-0.05, 0) is 6.42 Å². The van der Waals surface area contributed by atoms with E-state index in [4.69, 9.17) is 4.74 Å². The van der Waals surface area contributed by atoms with Gasteiger partial charge in [-0.15, -0.1) is 0 Å². The van der Waals surface area contributed by atoms with E-state index < -0.39 is 0 Å². The summed E-state index contributed by atoms with van der Waals surface area (Å²) in [7, 11) is 0. The molecule has 0 radical (unpaired) electrons. The largest absolute Gasteiger partial charge is 0.435 e. The van der Waals surface area contributed by atoms with Crippen LogP contribution in [-0.2, 0) is 9.53 Å². The molecule has 2 heteroatoms. The van der Waals surface area contributed by atoms with Crippen LogP contribution in [0, 0.1) is 5.92 Å². The maximum absolute atomic E-state index is 11.2. The lowest BCUT2D eigenvalue weighted by molar-refractivity contribution is -0.142. The van der Waals surface area contributed by atoms with Gasteiger partial charge in [0.25, 0.3) is 0 Å². The second-order valence-corrected chi connectivity index (χ2v) is 3.71. The van der Waals surface area contributed by atoms with Gasteiger partial charge in [0.1, 0.15) is 0 Å². The minimum atomic E-state index is -0.157. The first-order chi connectivity index (χ1) is 6.72. The Labute approximate surface area is 87.3 Å². The van der Waals surface area contributed by atoms with Crippen molar-refractivity contribution in [2.24, 2.45) is 5.92 Å². The van der Waals surface area contributed by atoms with E-state index in [1.807, 2.05) is 6.92 Å². The molecule has 0 saturated heterocycles. The Balaban J connectivity index is 3.38. The van der Waals surface area contributed by atoms with Gasteiger partial charge in [-0.2, -0.15) is 0 Å². The zero-order chi connectivity index (χ0) is 10.8. The topological polar surface area (TPSA) is 26.3 Å². The van der Waals surface area contributed by atoms with Crippen molar-refractivity contribution in [3.63, 3.8) is 0 Å². The van der Waals surface area contributed by atoms with Crippen LogP contribution in [-0.4, -0.2) is 5.97 Å². The number of hydrogen-bond donors (Lipinski definition) is 0. The lowest BCUT2D eigenvalue weighted by atomic mass is 10.0. The van der Waals surface area contributed by atoms with Gasteiger partial charge in [-0.25, -0.2) is 0 Å². The first kappa shape index (κ1) is 13.2. The SMILES string of the molecule is C=COC(=O)C(C)CCCCCCC. The maximum Gasteiger partial charge on any atom is 0.313 e. The fourth-order valence-corrected chi connectivity index (χ4v) is 1.37. The highest BCUT2D eigenvalue weighted by atomic mass is 16.5. The first-order valence-electron chi connectivity index (χ1n) is 5.53. The van der Waals surface area contributed by atoms with Crippen molar-refractivity contribution in [2.45, 2.75) is 52.4 Å². The number of carbonyl (C=O) groups is 1. The molecule has 0 saturated carbocycles. The zero-order valence-corrected chi connectivity index (χ0v) is 9.42. The second-order valence-electron chi connectivity index (χ2n) is 3.71. The minimum Gasteiger partial charge on any atom is -0.435 e. The van der Waals surface area contributed by atoms with Gasteiger partial charge in [0, 0.05) is 0 Å². The smallest absolute Gasteiger partial charge is 0.313 e. The van der Waals surface area contributed by atoms with Crippen LogP contribution >= 0.6 is 0 Å². The van der Waals surface area contributed by atoms with Gasteiger partial charge < -0.3 is 4.74 Å². The van der Waals surface area contributed by atoms with Crippen molar-refractivity contribution in [3.05, 3.63) is 12.8 Å². The molecule has 0 amide bonds. The molecule has 0 aliphatic heterocycles. The van der Waals surface area contributed by atoms with E-state index in [2.05, 4.69) is 13.5 Å². The molecule has 0 bridgehead atoms. The summed E-state index contributed by atoms with van der Waals surface area (Å²) in [5, 5.41) is 0. The molecular formula is C12H22O2. The van der Waals surface area contributed by atoms with Gasteiger partial charge in [-0.1, -0.05) is 52.5 Å². The Morgan fingerprint density at radius 1 is 1.36 bits per heavy atom. The molecule has 0 aliphatic rings. The predicted octanol–water partition coefficient (Wildman–Crippen LogP) is 3.67. The molecule has 0 aliphatic carbocycles. The van der Waals surface area contributed by atoms with Gasteiger partial charge >= 0.3 is 5.97 Å². The van der Waals surface area contributed by atoms with Gasteiger partial charge in [0.15, 0.2) is 0 Å². The van der Waals surface area contributed by atoms with E-state index >= 15 is 0 Å². The maximum atomic E-state index is 11.2. The van der Waals surface area contributed by atoms with Crippen LogP contribution in [0.4, 0.5) is 0 Å². The number of unbranched alkanes of at least 4 members (excludes halogenated alkanes) is 4. The highest BCUT2D eigenvalue weighted by molar-refractivity contribution is 5.72. The van der Waals surface area contributed by atoms with Crippen LogP contribution in [0.1, 0.15) is 52.4 Å². The van der Waals surface area contributed by atoms with Crippen molar-refractivity contribution in [3.8, 4) is 0 Å². The zero-order valence-electron chi connectivity index (χ0n) is 9.42. The normalized spacial score (nSPS) is 12.1. The summed E-state index contributed by atoms with van der Waals surface area (Å²) < 4.78 is 4.71. The third-order valence-corrected chi connectivity index (χ3v) is 2.34. The summed E-state index contributed by atoms with van der Waals surface area (Å²) >= 11 is 0. The number of carbonyl (C=O) groups excluding carboxylic acids is 1. The monoisotopic (exact) mass is 198 g/mol. The summed E-state index contributed by atoms with van der Waals surface area (Å²) in [4.78, 5) is 11.2. The van der Waals surface area contributed by atoms with Crippen molar-refractivity contribution >= 4 is 5.97 Å². The summed E-state index contributed by atoms with van der Waals surface area (Å²) in [5.41, 5.74) is 0. The lowest BCUT2D eigenvalue weighted by Gasteiger charge is -2.08. The third kappa shape index (κ3) is 6.70. The summed E-state index contributed by atoms with van der Waals surface area (Å²) in [5.74, 6) is -0.148. The van der Waals surface area contributed by atoms with E-state index in [1.165, 1.54) is 31.9 Å². The molecule has 0 fully saturated rings. The molecular weight excluding hydrogens is 176 g/mol. The molecule has 1 unspecified atom stereocenters. The summed E-state index contributed by atoms with van der Waals surface area (Å²) in [6.45, 7) is 7.47. The van der Waals surface area contributed by atoms with Crippen LogP contribution in [0.3, 0.4) is 0 Å². The van der Waals surface area contributed by atoms with E-state index in [0.717, 1.165) is 12.8 Å². The number of esters is 1. The quantitative estimate of drug-likeness (QED) is 0.338. The molecule has 1 atom stereocenters. The van der Waals surface area contributed by atoms with E-state index in [-0.39, 0.29) is 11.9 Å². The van der Waals surface area contributed by atoms with Gasteiger partial charge in [0.05, 0.1) is 12.2 Å². The molecule has 0 rings (SSSR count). The Kier molecular flexibility index (Phi) is 8.30. The van der Waals surface area contributed by atoms with E-state index in [9.17, 15) is 4.79 Å². The fourth-order valence-electron chi connectivity index (χ4n) is 1.37. The van der Waals surface area contributed by atoms with Gasteiger partial charge in [0.2, 0.25) is 0 Å². The Bertz CT molecular complexity index is 164. The summed E-state index contributed by atoms with van der Waals surface area (Å²) in [6, 6.07) is 0. The highest BCUT2D eigenvalue weighted by Gasteiger charge is 2.12. The van der Waals surface area contributed by atoms with Crippen molar-refractivity contribution < 1.29 is 9.53 Å². The number of rotatable bonds is 8. The third-order valence-electron chi connectivity index (χ3n) is 2.34. The van der Waals surface area contributed by atoms with Crippen molar-refractivity contribution in [1.29, 1.82) is 0 Å². The second kappa shape index (κ2) is 8.79. The minimum absolute atomic E-state index is 0.00891. The number of hydrogen-bond acceptors (Lipinski definition) is 2. The number of ether oxygens (including phenoxy) is 1. The predicted molar refractivity (Wildman–Crippen MR) is 58.8 cm³/mol. The lowest BCUT2D eigenvalue weighted by Crippen LogP contribution is -2.11. The molecule has 0 heterocycles. The fraction of sp³-hybridized carbons (Fsp3) is 0.750. The summed E-state index contributed by atoms with van der Waals surface area (Å²) in [6.07, 6.45) is 8.30. The van der Waals surface area contributed by atoms with Crippen molar-refractivity contribution in [2.75, 3.05) is 0 Å². The molecule has 2 nitrogen and oxygen atoms in total. The molecule has 0 aromatic carbocycles. The van der Waals surface area contributed by atoms with Crippen LogP contribution in [0.5, 0.6) is 0 Å². The molecule has 0 N–H and O–H groups in total. The van der Waals surface area contributed by atoms with Crippen LogP contribution < -0.4 is 0 Å². The van der Waals surface area contributed by atoms with Gasteiger partial charge in [-0.3, -0.25) is 4.79 Å². The molecule has 82 valence electrons. The Hall–Kier alpha value is -0.790. The molecule has 0 spiro atoms. The van der Waals surface area contributed by atoms with Crippen LogP contribution in [0.15, 0.2) is 12.8 Å². The standard InChI is InChI=1S/C12H22O2/c1-4-6-7-8-9-10-11(3)12(13)14-5-2/h5,11H,2,4,6-10H2,1,3H3. The van der Waals surface area contributed by atoms with Crippen LogP contribution in [0.25, 0.3) is 0 Å². The van der Waals surface area contributed by atoms with E-state index in [1.54, 1.807) is 0 Å². The average Bonchev–Trinajstić information content (AvgIpc) is 2.17. The molecule has 0 aromatic rings. The van der Waals surface area contributed by atoms with Crippen molar-refractivity contribution in [1.82, 2.24) is 0 Å². The molecule has 0 aromatic heterocycles. The molecule has 14 heavy (non-hydrogen) atoms. The first-order valence-corrected chi connectivity index (χ1v) is 5.53. The average molecular weight is 198 g/mol. The van der Waals surface area contributed by atoms with E-state index in [0.29, 0.717) is 0 Å². The Morgan fingerprint density at radius 3 is 2.57 bits per heavy atom.